The first kappa shape index (κ1) is 9.56. The second-order valence-electron chi connectivity index (χ2n) is 2.98. The van der Waals surface area contributed by atoms with Crippen molar-refractivity contribution in [1.82, 2.24) is 9.78 Å². The van der Waals surface area contributed by atoms with Gasteiger partial charge in [-0.15, -0.1) is 0 Å². The van der Waals surface area contributed by atoms with Crippen LogP contribution in [-0.2, 0) is 7.05 Å². The highest BCUT2D eigenvalue weighted by molar-refractivity contribution is 6.33. The third kappa shape index (κ3) is 1.63. The van der Waals surface area contributed by atoms with Crippen molar-refractivity contribution in [1.29, 1.82) is 0 Å². The summed E-state index contributed by atoms with van der Waals surface area (Å²) in [5, 5.41) is 5.39. The van der Waals surface area contributed by atoms with Crippen LogP contribution in [-0.4, -0.2) is 9.78 Å². The van der Waals surface area contributed by atoms with Gasteiger partial charge in [0.05, 0.1) is 16.9 Å². The third-order valence-electron chi connectivity index (χ3n) is 1.99. The Bertz CT molecular complexity index is 443. The Kier molecular flexibility index (Phi) is 2.48. The Hall–Kier alpha value is -0.990. The van der Waals surface area contributed by atoms with Gasteiger partial charge in [0.25, 0.3) is 0 Å². The maximum Gasteiger partial charge on any atom is 0.0866 e. The Morgan fingerprint density at radius 3 is 2.64 bits per heavy atom. The van der Waals surface area contributed by atoms with Crippen LogP contribution in [0.15, 0.2) is 30.5 Å². The molecule has 4 heteroatoms. The van der Waals surface area contributed by atoms with Crippen LogP contribution in [0.1, 0.15) is 0 Å². The lowest BCUT2D eigenvalue weighted by molar-refractivity contribution is 0.776. The molecule has 2 nitrogen and oxygen atoms in total. The van der Waals surface area contributed by atoms with Gasteiger partial charge in [-0.25, -0.2) is 0 Å². The Labute approximate surface area is 92.1 Å². The summed E-state index contributed by atoms with van der Waals surface area (Å²) in [7, 11) is 1.85. The van der Waals surface area contributed by atoms with E-state index in [-0.39, 0.29) is 0 Å². The van der Waals surface area contributed by atoms with E-state index >= 15 is 0 Å². The molecule has 0 aliphatic carbocycles. The number of hydrogen-bond donors (Lipinski definition) is 0. The SMILES string of the molecule is Cn1ncc(Cl)c1-c1cccc(Cl)c1. The van der Waals surface area contributed by atoms with E-state index in [1.54, 1.807) is 10.9 Å². The highest BCUT2D eigenvalue weighted by atomic mass is 35.5. The van der Waals surface area contributed by atoms with Crippen LogP contribution in [0.4, 0.5) is 0 Å². The second-order valence-corrected chi connectivity index (χ2v) is 3.82. The van der Waals surface area contributed by atoms with E-state index in [0.717, 1.165) is 11.3 Å². The minimum absolute atomic E-state index is 0.634. The first-order valence-corrected chi connectivity index (χ1v) is 4.87. The molecular weight excluding hydrogens is 219 g/mol. The minimum Gasteiger partial charge on any atom is -0.266 e. The topological polar surface area (TPSA) is 17.8 Å². The van der Waals surface area contributed by atoms with Crippen molar-refractivity contribution in [2.24, 2.45) is 7.05 Å². The molecule has 0 aliphatic heterocycles. The molecule has 0 atom stereocenters. The summed E-state index contributed by atoms with van der Waals surface area (Å²) in [6.07, 6.45) is 1.62. The van der Waals surface area contributed by atoms with Gasteiger partial charge < -0.3 is 0 Å². The number of hydrogen-bond acceptors (Lipinski definition) is 1. The lowest BCUT2D eigenvalue weighted by atomic mass is 10.1. The molecule has 2 rings (SSSR count). The predicted molar refractivity (Wildman–Crippen MR) is 58.7 cm³/mol. The smallest absolute Gasteiger partial charge is 0.0866 e. The number of halogens is 2. The van der Waals surface area contributed by atoms with Gasteiger partial charge in [-0.2, -0.15) is 5.10 Å². The van der Waals surface area contributed by atoms with Gasteiger partial charge in [0.15, 0.2) is 0 Å². The van der Waals surface area contributed by atoms with Gasteiger partial charge in [0.2, 0.25) is 0 Å². The van der Waals surface area contributed by atoms with E-state index < -0.39 is 0 Å². The van der Waals surface area contributed by atoms with Crippen molar-refractivity contribution in [2.45, 2.75) is 0 Å². The highest BCUT2D eigenvalue weighted by Gasteiger charge is 2.08. The van der Waals surface area contributed by atoms with Crippen LogP contribution in [0.2, 0.25) is 10.0 Å². The van der Waals surface area contributed by atoms with Crippen LogP contribution in [0, 0.1) is 0 Å². The monoisotopic (exact) mass is 226 g/mol. The summed E-state index contributed by atoms with van der Waals surface area (Å²) < 4.78 is 1.73. The van der Waals surface area contributed by atoms with Gasteiger partial charge in [0, 0.05) is 17.6 Å². The van der Waals surface area contributed by atoms with Crippen LogP contribution in [0.25, 0.3) is 11.3 Å². The first-order chi connectivity index (χ1) is 6.68. The summed E-state index contributed by atoms with van der Waals surface area (Å²) in [6.45, 7) is 0. The van der Waals surface area contributed by atoms with Crippen molar-refractivity contribution < 1.29 is 0 Å². The maximum absolute atomic E-state index is 6.01. The molecule has 0 N–H and O–H groups in total. The fourth-order valence-corrected chi connectivity index (χ4v) is 1.84. The molecule has 1 aromatic carbocycles. The Balaban J connectivity index is 2.59. The molecule has 0 saturated carbocycles. The molecule has 2 aromatic rings. The maximum atomic E-state index is 6.01. The number of aromatic nitrogens is 2. The van der Waals surface area contributed by atoms with Gasteiger partial charge in [-0.05, 0) is 12.1 Å². The average molecular weight is 227 g/mol. The van der Waals surface area contributed by atoms with E-state index in [1.165, 1.54) is 0 Å². The normalized spacial score (nSPS) is 10.5. The van der Waals surface area contributed by atoms with Crippen LogP contribution in [0.5, 0.6) is 0 Å². The van der Waals surface area contributed by atoms with Crippen LogP contribution in [0.3, 0.4) is 0 Å². The molecule has 0 unspecified atom stereocenters. The number of rotatable bonds is 1. The molecule has 0 fully saturated rings. The summed E-state index contributed by atoms with van der Waals surface area (Å²) in [6, 6.07) is 7.54. The molecule has 72 valence electrons. The van der Waals surface area contributed by atoms with Crippen molar-refractivity contribution in [2.75, 3.05) is 0 Å². The van der Waals surface area contributed by atoms with Gasteiger partial charge >= 0.3 is 0 Å². The van der Waals surface area contributed by atoms with Gasteiger partial charge in [0.1, 0.15) is 0 Å². The molecule has 14 heavy (non-hydrogen) atoms. The minimum atomic E-state index is 0.634. The molecule has 0 bridgehead atoms. The van der Waals surface area contributed by atoms with E-state index in [1.807, 2.05) is 31.3 Å². The van der Waals surface area contributed by atoms with Gasteiger partial charge in [-0.1, -0.05) is 35.3 Å². The molecular formula is C10H8Cl2N2. The predicted octanol–water partition coefficient (Wildman–Crippen LogP) is 3.39. The second kappa shape index (κ2) is 3.64. The summed E-state index contributed by atoms with van der Waals surface area (Å²) in [5.41, 5.74) is 1.86. The van der Waals surface area contributed by atoms with E-state index in [2.05, 4.69) is 5.10 Å². The number of nitrogens with zero attached hydrogens (tertiary/aromatic N) is 2. The zero-order chi connectivity index (χ0) is 10.1. The molecule has 0 amide bonds. The Morgan fingerprint density at radius 2 is 2.07 bits per heavy atom. The summed E-state index contributed by atoms with van der Waals surface area (Å²) >= 11 is 11.9. The molecule has 0 spiro atoms. The third-order valence-corrected chi connectivity index (χ3v) is 2.50. The standard InChI is InChI=1S/C10H8Cl2N2/c1-14-10(9(12)6-13-14)7-3-2-4-8(11)5-7/h2-6H,1H3. The lowest BCUT2D eigenvalue weighted by Gasteiger charge is -2.02. The molecule has 1 aromatic heterocycles. The largest absolute Gasteiger partial charge is 0.266 e. The van der Waals surface area contributed by atoms with Crippen LogP contribution >= 0.6 is 23.2 Å². The van der Waals surface area contributed by atoms with Crippen LogP contribution < -0.4 is 0 Å². The average Bonchev–Trinajstić information content (AvgIpc) is 2.46. The van der Waals surface area contributed by atoms with Crippen molar-refractivity contribution >= 4 is 23.2 Å². The van der Waals surface area contributed by atoms with Gasteiger partial charge in [-0.3, -0.25) is 4.68 Å². The fourth-order valence-electron chi connectivity index (χ4n) is 1.37. The van der Waals surface area contributed by atoms with Crippen molar-refractivity contribution in [3.05, 3.63) is 40.5 Å². The summed E-state index contributed by atoms with van der Waals surface area (Å²) in [5.74, 6) is 0. The van der Waals surface area contributed by atoms with Crippen molar-refractivity contribution in [3.63, 3.8) is 0 Å². The number of aryl methyl sites for hydroxylation is 1. The van der Waals surface area contributed by atoms with E-state index in [9.17, 15) is 0 Å². The van der Waals surface area contributed by atoms with E-state index in [4.69, 9.17) is 23.2 Å². The van der Waals surface area contributed by atoms with E-state index in [0.29, 0.717) is 10.0 Å². The zero-order valence-corrected chi connectivity index (χ0v) is 9.05. The zero-order valence-electron chi connectivity index (χ0n) is 7.54. The molecule has 1 heterocycles. The fraction of sp³-hybridized carbons (Fsp3) is 0.100. The Morgan fingerprint density at radius 1 is 1.29 bits per heavy atom. The highest BCUT2D eigenvalue weighted by Crippen LogP contribution is 2.28. The number of benzene rings is 1. The molecule has 0 aliphatic rings. The van der Waals surface area contributed by atoms with Crippen molar-refractivity contribution in [3.8, 4) is 11.3 Å². The quantitative estimate of drug-likeness (QED) is 0.730. The summed E-state index contributed by atoms with van der Waals surface area (Å²) in [4.78, 5) is 0. The molecule has 0 radical (unpaired) electrons. The lowest BCUT2D eigenvalue weighted by Crippen LogP contribution is -1.93. The molecule has 0 saturated heterocycles. The first-order valence-electron chi connectivity index (χ1n) is 4.12.